The lowest BCUT2D eigenvalue weighted by Crippen LogP contribution is -2.22. The maximum absolute atomic E-state index is 9.61. The number of hydrogen-bond donors (Lipinski definition) is 1. The van der Waals surface area contributed by atoms with Gasteiger partial charge in [0.05, 0.1) is 5.38 Å². The maximum atomic E-state index is 9.61. The van der Waals surface area contributed by atoms with Crippen LogP contribution in [0.3, 0.4) is 0 Å². The smallest absolute Gasteiger partial charge is 0.207 e. The zero-order valence-corrected chi connectivity index (χ0v) is 5.74. The summed E-state index contributed by atoms with van der Waals surface area (Å²) in [4.78, 5) is 9.61. The first-order valence-electron chi connectivity index (χ1n) is 2.18. The average molecular weight is 156 g/mol. The van der Waals surface area contributed by atoms with Gasteiger partial charge in [-0.15, -0.1) is 23.2 Å². The van der Waals surface area contributed by atoms with E-state index in [-0.39, 0.29) is 5.38 Å². The van der Waals surface area contributed by atoms with Crippen LogP contribution in [-0.4, -0.2) is 24.2 Å². The zero-order chi connectivity index (χ0) is 6.41. The molecule has 2 nitrogen and oxygen atoms in total. The van der Waals surface area contributed by atoms with E-state index in [9.17, 15) is 4.79 Å². The summed E-state index contributed by atoms with van der Waals surface area (Å²) in [5, 5.41) is 2.25. The molecule has 0 spiro atoms. The molecule has 0 aliphatic carbocycles. The van der Waals surface area contributed by atoms with E-state index in [4.69, 9.17) is 23.2 Å². The number of nitrogens with one attached hydrogen (secondary N) is 1. The standard InChI is InChI=1S/C4H7Cl2NO/c5-1-4(6)2-7-3-8/h3-4H,1-2H2,(H,7,8). The van der Waals surface area contributed by atoms with Crippen molar-refractivity contribution in [2.75, 3.05) is 12.4 Å². The van der Waals surface area contributed by atoms with Crippen molar-refractivity contribution in [1.82, 2.24) is 5.32 Å². The summed E-state index contributed by atoms with van der Waals surface area (Å²) < 4.78 is 0. The van der Waals surface area contributed by atoms with Crippen LogP contribution < -0.4 is 5.32 Å². The second kappa shape index (κ2) is 5.19. The molecule has 0 aromatic rings. The van der Waals surface area contributed by atoms with Crippen LogP contribution in [0, 0.1) is 0 Å². The van der Waals surface area contributed by atoms with Gasteiger partial charge in [0.1, 0.15) is 0 Å². The normalized spacial score (nSPS) is 12.8. The lowest BCUT2D eigenvalue weighted by molar-refractivity contribution is -0.109. The van der Waals surface area contributed by atoms with Crippen LogP contribution in [0.5, 0.6) is 0 Å². The number of rotatable bonds is 4. The van der Waals surface area contributed by atoms with Crippen molar-refractivity contribution in [3.8, 4) is 0 Å². The first kappa shape index (κ1) is 8.05. The van der Waals surface area contributed by atoms with Crippen LogP contribution in [0.2, 0.25) is 0 Å². The van der Waals surface area contributed by atoms with E-state index >= 15 is 0 Å². The van der Waals surface area contributed by atoms with Crippen molar-refractivity contribution < 1.29 is 4.79 Å². The van der Waals surface area contributed by atoms with Crippen LogP contribution in [0.15, 0.2) is 0 Å². The lowest BCUT2D eigenvalue weighted by atomic mass is 10.5. The second-order valence-electron chi connectivity index (χ2n) is 1.28. The molecule has 0 fully saturated rings. The van der Waals surface area contributed by atoms with Crippen LogP contribution in [0.25, 0.3) is 0 Å². The van der Waals surface area contributed by atoms with Crippen LogP contribution in [-0.2, 0) is 4.79 Å². The Bertz CT molecular complexity index is 69.1. The molecule has 0 bridgehead atoms. The summed E-state index contributed by atoms with van der Waals surface area (Å²) in [5.41, 5.74) is 0. The van der Waals surface area contributed by atoms with Gasteiger partial charge in [-0.25, -0.2) is 0 Å². The van der Waals surface area contributed by atoms with Gasteiger partial charge in [0.25, 0.3) is 0 Å². The predicted octanol–water partition coefficient (Wildman–Crippen LogP) is 0.579. The van der Waals surface area contributed by atoms with E-state index in [0.717, 1.165) is 0 Å². The topological polar surface area (TPSA) is 29.1 Å². The summed E-state index contributed by atoms with van der Waals surface area (Å²) in [6.45, 7) is 0.439. The molecule has 48 valence electrons. The predicted molar refractivity (Wildman–Crippen MR) is 34.4 cm³/mol. The fraction of sp³-hybridized carbons (Fsp3) is 0.750. The number of amides is 1. The highest BCUT2D eigenvalue weighted by Gasteiger charge is 1.98. The zero-order valence-electron chi connectivity index (χ0n) is 4.23. The number of carbonyl (C=O) groups excluding carboxylic acids is 1. The number of carbonyl (C=O) groups is 1. The quantitative estimate of drug-likeness (QED) is 0.468. The molecule has 1 atom stereocenters. The number of hydrogen-bond acceptors (Lipinski definition) is 1. The van der Waals surface area contributed by atoms with Gasteiger partial charge in [-0.1, -0.05) is 0 Å². The fourth-order valence-corrected chi connectivity index (χ4v) is 0.429. The molecule has 0 saturated heterocycles. The molecule has 0 radical (unpaired) electrons. The van der Waals surface area contributed by atoms with Crippen molar-refractivity contribution in [2.45, 2.75) is 5.38 Å². The van der Waals surface area contributed by atoms with E-state index in [1.165, 1.54) is 0 Å². The Morgan fingerprint density at radius 2 is 2.38 bits per heavy atom. The summed E-state index contributed by atoms with van der Waals surface area (Å²) in [6.07, 6.45) is 0.599. The highest BCUT2D eigenvalue weighted by Crippen LogP contribution is 1.94. The Morgan fingerprint density at radius 3 is 2.75 bits per heavy atom. The average Bonchev–Trinajstić information content (AvgIpc) is 1.83. The molecular formula is C4H7Cl2NO. The van der Waals surface area contributed by atoms with Crippen molar-refractivity contribution in [1.29, 1.82) is 0 Å². The third-order valence-electron chi connectivity index (χ3n) is 0.590. The second-order valence-corrected chi connectivity index (χ2v) is 2.20. The summed E-state index contributed by atoms with van der Waals surface area (Å²) >= 11 is 10.8. The number of alkyl halides is 2. The summed E-state index contributed by atoms with van der Waals surface area (Å²) in [6, 6.07) is 0. The molecule has 0 saturated carbocycles. The highest BCUT2D eigenvalue weighted by molar-refractivity contribution is 6.28. The lowest BCUT2D eigenvalue weighted by Gasteiger charge is -2.00. The first-order chi connectivity index (χ1) is 3.81. The van der Waals surface area contributed by atoms with Gasteiger partial charge < -0.3 is 5.32 Å². The minimum absolute atomic E-state index is 0.151. The van der Waals surface area contributed by atoms with Crippen molar-refractivity contribution in [3.05, 3.63) is 0 Å². The SMILES string of the molecule is O=CNCC(Cl)CCl. The minimum atomic E-state index is -0.151. The van der Waals surface area contributed by atoms with Gasteiger partial charge in [0, 0.05) is 12.4 Å². The van der Waals surface area contributed by atoms with E-state index in [0.29, 0.717) is 18.8 Å². The summed E-state index contributed by atoms with van der Waals surface area (Å²) in [7, 11) is 0. The molecule has 0 aliphatic heterocycles. The molecule has 0 aliphatic rings. The molecule has 1 amide bonds. The van der Waals surface area contributed by atoms with E-state index in [2.05, 4.69) is 5.32 Å². The highest BCUT2D eigenvalue weighted by atomic mass is 35.5. The monoisotopic (exact) mass is 155 g/mol. The Labute approximate surface area is 58.2 Å². The Balaban J connectivity index is 2.97. The van der Waals surface area contributed by atoms with Crippen molar-refractivity contribution >= 4 is 29.6 Å². The minimum Gasteiger partial charge on any atom is -0.357 e. The third kappa shape index (κ3) is 4.22. The van der Waals surface area contributed by atoms with Gasteiger partial charge in [0.2, 0.25) is 6.41 Å². The molecule has 4 heteroatoms. The molecule has 1 N–H and O–H groups in total. The van der Waals surface area contributed by atoms with Crippen molar-refractivity contribution in [2.24, 2.45) is 0 Å². The number of halogens is 2. The molecular weight excluding hydrogens is 149 g/mol. The first-order valence-corrected chi connectivity index (χ1v) is 3.15. The largest absolute Gasteiger partial charge is 0.357 e. The molecule has 0 rings (SSSR count). The molecule has 0 aromatic carbocycles. The Hall–Kier alpha value is 0.0500. The Morgan fingerprint density at radius 1 is 1.75 bits per heavy atom. The van der Waals surface area contributed by atoms with E-state index < -0.39 is 0 Å². The van der Waals surface area contributed by atoms with E-state index in [1.807, 2.05) is 0 Å². The third-order valence-corrected chi connectivity index (χ3v) is 1.43. The van der Waals surface area contributed by atoms with Gasteiger partial charge in [-0.05, 0) is 0 Å². The van der Waals surface area contributed by atoms with Gasteiger partial charge in [-0.3, -0.25) is 4.79 Å². The van der Waals surface area contributed by atoms with Gasteiger partial charge >= 0.3 is 0 Å². The van der Waals surface area contributed by atoms with Gasteiger partial charge in [0.15, 0.2) is 0 Å². The summed E-state index contributed by atoms with van der Waals surface area (Å²) in [5.74, 6) is 0.363. The molecule has 0 aromatic heterocycles. The molecule has 0 heterocycles. The van der Waals surface area contributed by atoms with Crippen LogP contribution in [0.1, 0.15) is 0 Å². The molecule has 8 heavy (non-hydrogen) atoms. The fourth-order valence-electron chi connectivity index (χ4n) is 0.231. The van der Waals surface area contributed by atoms with E-state index in [1.54, 1.807) is 0 Å². The van der Waals surface area contributed by atoms with Crippen molar-refractivity contribution in [3.63, 3.8) is 0 Å². The Kier molecular flexibility index (Phi) is 5.22. The van der Waals surface area contributed by atoms with Crippen LogP contribution in [0.4, 0.5) is 0 Å². The maximum Gasteiger partial charge on any atom is 0.207 e. The van der Waals surface area contributed by atoms with Gasteiger partial charge in [-0.2, -0.15) is 0 Å². The van der Waals surface area contributed by atoms with Crippen LogP contribution >= 0.6 is 23.2 Å². The molecule has 1 unspecified atom stereocenters.